The first-order valence-corrected chi connectivity index (χ1v) is 7.73. The number of hydrogen-bond acceptors (Lipinski definition) is 3. The lowest BCUT2D eigenvalue weighted by atomic mass is 9.96. The average molecular weight is 285 g/mol. The number of benzene rings is 1. The lowest BCUT2D eigenvalue weighted by molar-refractivity contribution is 0.496. The molecule has 1 atom stereocenters. The second kappa shape index (κ2) is 5.08. The van der Waals surface area contributed by atoms with Gasteiger partial charge >= 0.3 is 0 Å². The Morgan fingerprint density at radius 1 is 1.15 bits per heavy atom. The van der Waals surface area contributed by atoms with Crippen LogP contribution in [0, 0.1) is 20.8 Å². The molecule has 1 unspecified atom stereocenters. The highest BCUT2D eigenvalue weighted by Crippen LogP contribution is 2.32. The summed E-state index contributed by atoms with van der Waals surface area (Å²) in [5.74, 6) is 1.93. The number of nitrogens with two attached hydrogens (primary N) is 1. The summed E-state index contributed by atoms with van der Waals surface area (Å²) < 4.78 is 7.02. The van der Waals surface area contributed by atoms with E-state index in [1.165, 1.54) is 21.2 Å². The van der Waals surface area contributed by atoms with Crippen LogP contribution in [-0.2, 0) is 6.42 Å². The molecule has 0 saturated carbocycles. The Bertz CT molecular complexity index is 754. The predicted molar refractivity (Wildman–Crippen MR) is 85.4 cm³/mol. The van der Waals surface area contributed by atoms with Crippen LogP contribution in [0.25, 0.3) is 10.1 Å². The zero-order valence-corrected chi connectivity index (χ0v) is 12.9. The maximum Gasteiger partial charge on any atom is 0.106 e. The number of fused-ring (bicyclic) bond motifs is 1. The molecular weight excluding hydrogens is 266 g/mol. The van der Waals surface area contributed by atoms with Crippen LogP contribution in [0.5, 0.6) is 0 Å². The number of hydrogen-bond donors (Lipinski definition) is 1. The summed E-state index contributed by atoms with van der Waals surface area (Å²) in [5.41, 5.74) is 10.1. The van der Waals surface area contributed by atoms with Gasteiger partial charge in [0.2, 0.25) is 0 Å². The smallest absolute Gasteiger partial charge is 0.106 e. The molecule has 0 saturated heterocycles. The van der Waals surface area contributed by atoms with Crippen molar-refractivity contribution in [3.8, 4) is 0 Å². The van der Waals surface area contributed by atoms with Gasteiger partial charge in [0.25, 0.3) is 0 Å². The molecule has 0 aliphatic carbocycles. The van der Waals surface area contributed by atoms with Crippen molar-refractivity contribution < 1.29 is 4.42 Å². The lowest BCUT2D eigenvalue weighted by Crippen LogP contribution is -2.14. The van der Waals surface area contributed by atoms with E-state index in [9.17, 15) is 0 Å². The van der Waals surface area contributed by atoms with Gasteiger partial charge in [0.05, 0.1) is 0 Å². The molecule has 0 aliphatic rings. The van der Waals surface area contributed by atoms with Crippen molar-refractivity contribution in [2.45, 2.75) is 33.2 Å². The first kappa shape index (κ1) is 13.4. The van der Waals surface area contributed by atoms with E-state index in [-0.39, 0.29) is 6.04 Å². The Morgan fingerprint density at radius 2 is 1.90 bits per heavy atom. The van der Waals surface area contributed by atoms with Crippen LogP contribution in [0.4, 0.5) is 0 Å². The van der Waals surface area contributed by atoms with E-state index in [0.717, 1.165) is 23.5 Å². The van der Waals surface area contributed by atoms with Gasteiger partial charge in [-0.15, -0.1) is 11.3 Å². The minimum Gasteiger partial charge on any atom is -0.466 e. The zero-order valence-electron chi connectivity index (χ0n) is 12.1. The van der Waals surface area contributed by atoms with Gasteiger partial charge in [-0.05, 0) is 55.2 Å². The molecule has 0 amide bonds. The molecule has 2 heterocycles. The summed E-state index contributed by atoms with van der Waals surface area (Å²) in [5, 5.41) is 3.55. The Morgan fingerprint density at radius 3 is 2.60 bits per heavy atom. The fourth-order valence-electron chi connectivity index (χ4n) is 2.88. The van der Waals surface area contributed by atoms with Crippen molar-refractivity contribution in [2.75, 3.05) is 0 Å². The van der Waals surface area contributed by atoms with Crippen molar-refractivity contribution in [2.24, 2.45) is 5.73 Å². The largest absolute Gasteiger partial charge is 0.466 e. The maximum atomic E-state index is 6.44. The normalized spacial score (nSPS) is 13.0. The molecule has 3 rings (SSSR count). The van der Waals surface area contributed by atoms with Gasteiger partial charge < -0.3 is 10.2 Å². The van der Waals surface area contributed by atoms with Gasteiger partial charge in [-0.1, -0.05) is 18.2 Å². The van der Waals surface area contributed by atoms with Crippen molar-refractivity contribution in [3.05, 3.63) is 57.9 Å². The molecule has 3 heteroatoms. The second-order valence-corrected chi connectivity index (χ2v) is 6.23. The quantitative estimate of drug-likeness (QED) is 0.760. The minimum absolute atomic E-state index is 0.00884. The molecule has 0 fully saturated rings. The van der Waals surface area contributed by atoms with Gasteiger partial charge in [-0.3, -0.25) is 0 Å². The molecule has 0 spiro atoms. The molecule has 0 radical (unpaired) electrons. The third kappa shape index (κ3) is 2.17. The van der Waals surface area contributed by atoms with Crippen LogP contribution < -0.4 is 5.73 Å². The molecule has 104 valence electrons. The summed E-state index contributed by atoms with van der Waals surface area (Å²) in [4.78, 5) is 0. The van der Waals surface area contributed by atoms with Gasteiger partial charge in [-0.25, -0.2) is 0 Å². The molecule has 2 N–H and O–H groups in total. The standard InChI is InChI=1S/C17H19NOS/c1-10-11(2)19-12(3)17(10)15(18)8-13-9-20-16-7-5-4-6-14(13)16/h4-7,9,15H,8,18H2,1-3H3. The number of thiophene rings is 1. The minimum atomic E-state index is -0.00884. The van der Waals surface area contributed by atoms with Crippen molar-refractivity contribution >= 4 is 21.4 Å². The first-order valence-electron chi connectivity index (χ1n) is 6.85. The first-order chi connectivity index (χ1) is 9.58. The summed E-state index contributed by atoms with van der Waals surface area (Å²) >= 11 is 1.79. The van der Waals surface area contributed by atoms with Gasteiger partial charge in [-0.2, -0.15) is 0 Å². The van der Waals surface area contributed by atoms with E-state index in [1.54, 1.807) is 11.3 Å². The number of rotatable bonds is 3. The monoisotopic (exact) mass is 285 g/mol. The highest BCUT2D eigenvalue weighted by atomic mass is 32.1. The Balaban J connectivity index is 1.94. The SMILES string of the molecule is Cc1oc(C)c(C(N)Cc2csc3ccccc23)c1C. The zero-order chi connectivity index (χ0) is 14.3. The fraction of sp³-hybridized carbons (Fsp3) is 0.294. The molecule has 3 aromatic rings. The lowest BCUT2D eigenvalue weighted by Gasteiger charge is -2.12. The Labute approximate surface area is 123 Å². The molecule has 0 aliphatic heterocycles. The van der Waals surface area contributed by atoms with Crippen LogP contribution >= 0.6 is 11.3 Å². The van der Waals surface area contributed by atoms with E-state index < -0.39 is 0 Å². The van der Waals surface area contributed by atoms with E-state index in [1.807, 2.05) is 13.8 Å². The van der Waals surface area contributed by atoms with Crippen LogP contribution in [-0.4, -0.2) is 0 Å². The van der Waals surface area contributed by atoms with Gasteiger partial charge in [0, 0.05) is 16.3 Å². The van der Waals surface area contributed by atoms with Crippen LogP contribution in [0.15, 0.2) is 34.1 Å². The topological polar surface area (TPSA) is 39.2 Å². The molecule has 1 aromatic carbocycles. The van der Waals surface area contributed by atoms with Gasteiger partial charge in [0.1, 0.15) is 11.5 Å². The molecule has 20 heavy (non-hydrogen) atoms. The van der Waals surface area contributed by atoms with E-state index in [0.29, 0.717) is 0 Å². The maximum absolute atomic E-state index is 6.44. The number of furan rings is 1. The van der Waals surface area contributed by atoms with E-state index >= 15 is 0 Å². The van der Waals surface area contributed by atoms with E-state index in [4.69, 9.17) is 10.2 Å². The highest BCUT2D eigenvalue weighted by molar-refractivity contribution is 7.17. The number of aryl methyl sites for hydroxylation is 2. The molecule has 2 aromatic heterocycles. The third-order valence-electron chi connectivity index (χ3n) is 3.99. The molecular formula is C17H19NOS. The van der Waals surface area contributed by atoms with Crippen molar-refractivity contribution in [1.29, 1.82) is 0 Å². The van der Waals surface area contributed by atoms with Crippen LogP contribution in [0.3, 0.4) is 0 Å². The molecule has 0 bridgehead atoms. The van der Waals surface area contributed by atoms with Crippen LogP contribution in [0.2, 0.25) is 0 Å². The highest BCUT2D eigenvalue weighted by Gasteiger charge is 2.19. The Hall–Kier alpha value is -1.58. The van der Waals surface area contributed by atoms with Crippen molar-refractivity contribution in [3.63, 3.8) is 0 Å². The molecule has 2 nitrogen and oxygen atoms in total. The predicted octanol–water partition coefficient (Wildman–Crippen LogP) is 4.66. The summed E-state index contributed by atoms with van der Waals surface area (Å²) in [6.45, 7) is 6.09. The summed E-state index contributed by atoms with van der Waals surface area (Å²) in [6.07, 6.45) is 0.852. The Kier molecular flexibility index (Phi) is 3.40. The van der Waals surface area contributed by atoms with Crippen LogP contribution in [0.1, 0.15) is 34.3 Å². The summed E-state index contributed by atoms with van der Waals surface area (Å²) in [7, 11) is 0. The van der Waals surface area contributed by atoms with Crippen molar-refractivity contribution in [1.82, 2.24) is 0 Å². The average Bonchev–Trinajstić information content (AvgIpc) is 2.92. The summed E-state index contributed by atoms with van der Waals surface area (Å²) in [6, 6.07) is 8.49. The van der Waals surface area contributed by atoms with E-state index in [2.05, 4.69) is 36.6 Å². The fourth-order valence-corrected chi connectivity index (χ4v) is 3.86. The van der Waals surface area contributed by atoms with Gasteiger partial charge in [0.15, 0.2) is 0 Å². The second-order valence-electron chi connectivity index (χ2n) is 5.32. The third-order valence-corrected chi connectivity index (χ3v) is 5.00.